The Kier molecular flexibility index (Phi) is 6.57. The number of amides is 1. The highest BCUT2D eigenvalue weighted by molar-refractivity contribution is 5.93. The normalized spacial score (nSPS) is 12.3. The number of esters is 1. The van der Waals surface area contributed by atoms with E-state index < -0.39 is 11.6 Å². The maximum Gasteiger partial charge on any atom is 0.331 e. The fourth-order valence-corrected chi connectivity index (χ4v) is 1.60. The Labute approximate surface area is 131 Å². The molecule has 0 aromatic heterocycles. The van der Waals surface area contributed by atoms with Crippen LogP contribution >= 0.6 is 0 Å². The van der Waals surface area contributed by atoms with Crippen molar-refractivity contribution < 1.29 is 14.3 Å². The van der Waals surface area contributed by atoms with E-state index in [2.05, 4.69) is 5.32 Å². The molecule has 0 saturated heterocycles. The summed E-state index contributed by atoms with van der Waals surface area (Å²) in [6, 6.07) is 9.67. The molecule has 0 aliphatic heterocycles. The van der Waals surface area contributed by atoms with Crippen LogP contribution in [0.3, 0.4) is 0 Å². The quantitative estimate of drug-likeness (QED) is 0.516. The summed E-state index contributed by atoms with van der Waals surface area (Å²) in [6.45, 7) is 7.57. The van der Waals surface area contributed by atoms with Crippen molar-refractivity contribution in [3.05, 3.63) is 59.7 Å². The maximum absolute atomic E-state index is 11.9. The number of rotatable bonds is 5. The van der Waals surface area contributed by atoms with E-state index >= 15 is 0 Å². The van der Waals surface area contributed by atoms with Crippen LogP contribution in [0.15, 0.2) is 54.1 Å². The van der Waals surface area contributed by atoms with Gasteiger partial charge in [0, 0.05) is 18.2 Å². The van der Waals surface area contributed by atoms with Crippen LogP contribution in [-0.2, 0) is 20.9 Å². The number of benzene rings is 1. The number of ether oxygens (including phenoxy) is 1. The SMILES string of the molecule is C/C(=C/C=C/C(=O)OC(C)(C)C)C(=O)NCc1ccccc1. The van der Waals surface area contributed by atoms with E-state index in [9.17, 15) is 9.59 Å². The lowest BCUT2D eigenvalue weighted by Crippen LogP contribution is -2.23. The van der Waals surface area contributed by atoms with Crippen molar-refractivity contribution in [3.63, 3.8) is 0 Å². The molecule has 0 radical (unpaired) electrons. The molecule has 0 fully saturated rings. The largest absolute Gasteiger partial charge is 0.457 e. The van der Waals surface area contributed by atoms with Crippen LogP contribution in [0.25, 0.3) is 0 Å². The lowest BCUT2D eigenvalue weighted by atomic mass is 10.2. The van der Waals surface area contributed by atoms with Crippen molar-refractivity contribution in [2.24, 2.45) is 0 Å². The van der Waals surface area contributed by atoms with Gasteiger partial charge in [-0.15, -0.1) is 0 Å². The van der Waals surface area contributed by atoms with Crippen LogP contribution in [0.1, 0.15) is 33.3 Å². The van der Waals surface area contributed by atoms with Gasteiger partial charge in [0.1, 0.15) is 5.60 Å². The summed E-state index contributed by atoms with van der Waals surface area (Å²) in [7, 11) is 0. The number of nitrogens with one attached hydrogen (secondary N) is 1. The molecule has 1 rings (SSSR count). The standard InChI is InChI=1S/C18H23NO3/c1-14(9-8-12-16(20)22-18(2,3)4)17(21)19-13-15-10-6-5-7-11-15/h5-12H,13H2,1-4H3,(H,19,21)/b12-8+,14-9-. The first kappa shape index (κ1) is 17.7. The van der Waals surface area contributed by atoms with Gasteiger partial charge in [0.15, 0.2) is 0 Å². The van der Waals surface area contributed by atoms with E-state index in [-0.39, 0.29) is 5.91 Å². The Morgan fingerprint density at radius 1 is 1.18 bits per heavy atom. The van der Waals surface area contributed by atoms with Crippen LogP contribution in [0.5, 0.6) is 0 Å². The van der Waals surface area contributed by atoms with Gasteiger partial charge >= 0.3 is 5.97 Å². The van der Waals surface area contributed by atoms with Crippen LogP contribution in [-0.4, -0.2) is 17.5 Å². The molecule has 4 nitrogen and oxygen atoms in total. The summed E-state index contributed by atoms with van der Waals surface area (Å²) in [5, 5.41) is 2.82. The zero-order valence-corrected chi connectivity index (χ0v) is 13.6. The smallest absolute Gasteiger partial charge is 0.331 e. The van der Waals surface area contributed by atoms with Gasteiger partial charge in [0.25, 0.3) is 0 Å². The third-order valence-electron chi connectivity index (χ3n) is 2.64. The van der Waals surface area contributed by atoms with Gasteiger partial charge in [0.05, 0.1) is 0 Å². The minimum atomic E-state index is -0.521. The molecular weight excluding hydrogens is 278 g/mol. The molecule has 1 amide bonds. The molecule has 1 aromatic rings. The van der Waals surface area contributed by atoms with Crippen LogP contribution in [0.4, 0.5) is 0 Å². The number of hydrogen-bond acceptors (Lipinski definition) is 3. The number of allylic oxidation sites excluding steroid dienone is 2. The van der Waals surface area contributed by atoms with Crippen molar-refractivity contribution in [2.45, 2.75) is 39.8 Å². The predicted molar refractivity (Wildman–Crippen MR) is 87.0 cm³/mol. The summed E-state index contributed by atoms with van der Waals surface area (Å²) < 4.78 is 5.13. The zero-order valence-electron chi connectivity index (χ0n) is 13.6. The first-order valence-electron chi connectivity index (χ1n) is 7.18. The summed E-state index contributed by atoms with van der Waals surface area (Å²) in [5.74, 6) is -0.598. The van der Waals surface area contributed by atoms with Gasteiger partial charge in [0.2, 0.25) is 5.91 Å². The van der Waals surface area contributed by atoms with Gasteiger partial charge in [-0.25, -0.2) is 4.79 Å². The molecule has 4 heteroatoms. The number of carbonyl (C=O) groups excluding carboxylic acids is 2. The molecule has 0 saturated carbocycles. The van der Waals surface area contributed by atoms with Crippen LogP contribution in [0.2, 0.25) is 0 Å². The average molecular weight is 301 g/mol. The molecule has 1 aromatic carbocycles. The monoisotopic (exact) mass is 301 g/mol. The van der Waals surface area contributed by atoms with Crippen LogP contribution < -0.4 is 5.32 Å². The van der Waals surface area contributed by atoms with Crippen molar-refractivity contribution in [2.75, 3.05) is 0 Å². The summed E-state index contributed by atoms with van der Waals surface area (Å²) in [4.78, 5) is 23.4. The molecule has 0 aliphatic carbocycles. The zero-order chi connectivity index (χ0) is 16.6. The van der Waals surface area contributed by atoms with E-state index in [1.54, 1.807) is 33.8 Å². The Hall–Kier alpha value is -2.36. The van der Waals surface area contributed by atoms with Gasteiger partial charge in [-0.1, -0.05) is 42.5 Å². The van der Waals surface area contributed by atoms with Crippen LogP contribution in [0, 0.1) is 0 Å². The molecule has 0 aliphatic rings. The molecule has 118 valence electrons. The topological polar surface area (TPSA) is 55.4 Å². The highest BCUT2D eigenvalue weighted by Crippen LogP contribution is 2.07. The molecule has 0 unspecified atom stereocenters. The Morgan fingerprint density at radius 2 is 1.82 bits per heavy atom. The molecule has 0 atom stereocenters. The second kappa shape index (κ2) is 8.17. The van der Waals surface area contributed by atoms with Crippen molar-refractivity contribution >= 4 is 11.9 Å². The van der Waals surface area contributed by atoms with Gasteiger partial charge in [-0.05, 0) is 33.3 Å². The number of carbonyl (C=O) groups is 2. The minimum absolute atomic E-state index is 0.169. The highest BCUT2D eigenvalue weighted by atomic mass is 16.6. The number of hydrogen-bond donors (Lipinski definition) is 1. The van der Waals surface area contributed by atoms with Gasteiger partial charge in [-0.3, -0.25) is 4.79 Å². The van der Waals surface area contributed by atoms with E-state index in [0.717, 1.165) is 5.56 Å². The Morgan fingerprint density at radius 3 is 2.41 bits per heavy atom. The third kappa shape index (κ3) is 7.43. The third-order valence-corrected chi connectivity index (χ3v) is 2.64. The van der Waals surface area contributed by atoms with E-state index in [0.29, 0.717) is 12.1 Å². The molecule has 0 spiro atoms. The fraction of sp³-hybridized carbons (Fsp3) is 0.333. The molecule has 0 heterocycles. The van der Waals surface area contributed by atoms with Gasteiger partial charge in [-0.2, -0.15) is 0 Å². The Bertz CT molecular complexity index is 566. The first-order valence-corrected chi connectivity index (χ1v) is 7.18. The van der Waals surface area contributed by atoms with E-state index in [4.69, 9.17) is 4.74 Å². The second-order valence-electron chi connectivity index (χ2n) is 5.91. The van der Waals surface area contributed by atoms with Crippen molar-refractivity contribution in [1.29, 1.82) is 0 Å². The van der Waals surface area contributed by atoms with Crippen molar-refractivity contribution in [1.82, 2.24) is 5.32 Å². The second-order valence-corrected chi connectivity index (χ2v) is 5.91. The van der Waals surface area contributed by atoms with E-state index in [1.807, 2.05) is 30.3 Å². The predicted octanol–water partition coefficient (Wildman–Crippen LogP) is 3.15. The minimum Gasteiger partial charge on any atom is -0.457 e. The molecular formula is C18H23NO3. The summed E-state index contributed by atoms with van der Waals surface area (Å²) >= 11 is 0. The lowest BCUT2D eigenvalue weighted by molar-refractivity contribution is -0.148. The fourth-order valence-electron chi connectivity index (χ4n) is 1.60. The molecule has 0 bridgehead atoms. The molecule has 1 N–H and O–H groups in total. The summed E-state index contributed by atoms with van der Waals surface area (Å²) in [5.41, 5.74) is 1.04. The lowest BCUT2D eigenvalue weighted by Gasteiger charge is -2.17. The van der Waals surface area contributed by atoms with Crippen molar-refractivity contribution in [3.8, 4) is 0 Å². The maximum atomic E-state index is 11.9. The Balaban J connectivity index is 2.47. The van der Waals surface area contributed by atoms with Gasteiger partial charge < -0.3 is 10.1 Å². The summed E-state index contributed by atoms with van der Waals surface area (Å²) in [6.07, 6.45) is 4.41. The average Bonchev–Trinajstić information content (AvgIpc) is 2.43. The highest BCUT2D eigenvalue weighted by Gasteiger charge is 2.13. The first-order chi connectivity index (χ1) is 10.3. The molecule has 22 heavy (non-hydrogen) atoms. The van der Waals surface area contributed by atoms with E-state index in [1.165, 1.54) is 12.2 Å².